The summed E-state index contributed by atoms with van der Waals surface area (Å²) in [6.45, 7) is 2.88. The number of halogens is 2. The number of nitrogens with one attached hydrogen (secondary N) is 2. The van der Waals surface area contributed by atoms with E-state index in [2.05, 4.69) is 10.6 Å². The van der Waals surface area contributed by atoms with Crippen LogP contribution in [0, 0.1) is 0 Å². The van der Waals surface area contributed by atoms with Gasteiger partial charge in [0.05, 0.1) is 10.0 Å². The Morgan fingerprint density at radius 1 is 1.04 bits per heavy atom. The van der Waals surface area contributed by atoms with Crippen molar-refractivity contribution in [3.05, 3.63) is 69.7 Å². The zero-order chi connectivity index (χ0) is 16.7. The van der Waals surface area contributed by atoms with Gasteiger partial charge in [0.15, 0.2) is 0 Å². The van der Waals surface area contributed by atoms with Crippen LogP contribution in [0.5, 0.6) is 0 Å². The summed E-state index contributed by atoms with van der Waals surface area (Å²) in [5, 5.41) is 8.00. The summed E-state index contributed by atoms with van der Waals surface area (Å²) in [7, 11) is 0. The number of carbonyl (C=O) groups is 1. The Morgan fingerprint density at radius 2 is 1.78 bits per heavy atom. The van der Waals surface area contributed by atoms with E-state index in [1.807, 2.05) is 24.3 Å². The molecule has 1 aliphatic heterocycles. The van der Waals surface area contributed by atoms with Gasteiger partial charge >= 0.3 is 0 Å². The highest BCUT2D eigenvalue weighted by Gasteiger charge is 2.17. The van der Waals surface area contributed by atoms with Crippen molar-refractivity contribution >= 4 is 29.1 Å². The number of amides is 1. The summed E-state index contributed by atoms with van der Waals surface area (Å²) in [4.78, 5) is 10.4. The van der Waals surface area contributed by atoms with Crippen LogP contribution in [0.25, 0.3) is 0 Å². The van der Waals surface area contributed by atoms with Crippen LogP contribution >= 0.6 is 23.2 Å². The van der Waals surface area contributed by atoms with Gasteiger partial charge in [-0.15, -0.1) is 0 Å². The Morgan fingerprint density at radius 3 is 2.35 bits per heavy atom. The Labute approximate surface area is 146 Å². The highest BCUT2D eigenvalue weighted by molar-refractivity contribution is 6.42. The van der Waals surface area contributed by atoms with Crippen molar-refractivity contribution < 1.29 is 4.79 Å². The van der Waals surface area contributed by atoms with Gasteiger partial charge in [-0.25, -0.2) is 0 Å². The molecule has 3 rings (SSSR count). The van der Waals surface area contributed by atoms with E-state index >= 15 is 0 Å². The van der Waals surface area contributed by atoms with Gasteiger partial charge in [0, 0.05) is 31.2 Å². The van der Waals surface area contributed by atoms with Gasteiger partial charge in [0.25, 0.3) is 0 Å². The zero-order valence-corrected chi connectivity index (χ0v) is 14.1. The van der Waals surface area contributed by atoms with E-state index in [1.54, 1.807) is 24.3 Å². The fraction of sp³-hybridized carbons (Fsp3) is 0.235. The summed E-state index contributed by atoms with van der Waals surface area (Å²) in [6.07, 6.45) is 0. The third-order valence-electron chi connectivity index (χ3n) is 3.46. The van der Waals surface area contributed by atoms with E-state index in [0.717, 1.165) is 25.2 Å². The average Bonchev–Trinajstić information content (AvgIpc) is 2.59. The number of benzene rings is 2. The molecule has 0 spiro atoms. The summed E-state index contributed by atoms with van der Waals surface area (Å²) in [5.41, 5.74) is 6.60. The number of hydrogen-bond acceptors (Lipinski definition) is 3. The maximum atomic E-state index is 10.4. The molecule has 0 aromatic heterocycles. The van der Waals surface area contributed by atoms with Gasteiger partial charge in [0.1, 0.15) is 0 Å². The second-order valence-corrected chi connectivity index (χ2v) is 5.87. The molecule has 1 fully saturated rings. The lowest BCUT2D eigenvalue weighted by atomic mass is 10.1. The van der Waals surface area contributed by atoms with Crippen LogP contribution in [0.4, 0.5) is 0 Å². The molecule has 1 aliphatic rings. The van der Waals surface area contributed by atoms with E-state index in [1.165, 1.54) is 0 Å². The lowest BCUT2D eigenvalue weighted by Gasteiger charge is -2.25. The lowest BCUT2D eigenvalue weighted by Crippen LogP contribution is -2.42. The Bertz CT molecular complexity index is 644. The number of piperazine rings is 1. The van der Waals surface area contributed by atoms with Crippen molar-refractivity contribution in [2.75, 3.05) is 19.6 Å². The highest BCUT2D eigenvalue weighted by Crippen LogP contribution is 2.29. The Balaban J connectivity index is 0.000000185. The standard InChI is InChI=1S/C10H12Cl2N2.C7H7NO/c11-8-3-1-2-7(10(8)12)9-6-13-4-5-14-9;8-7(9)6-4-2-1-3-5-6/h1-3,9,13-14H,4-6H2;1-5H,(H2,8,9). The van der Waals surface area contributed by atoms with Crippen molar-refractivity contribution in [1.29, 1.82) is 0 Å². The fourth-order valence-corrected chi connectivity index (χ4v) is 2.70. The van der Waals surface area contributed by atoms with Crippen LogP contribution < -0.4 is 16.4 Å². The normalized spacial score (nSPS) is 17.0. The maximum absolute atomic E-state index is 10.4. The van der Waals surface area contributed by atoms with Gasteiger partial charge < -0.3 is 16.4 Å². The maximum Gasteiger partial charge on any atom is 0.248 e. The van der Waals surface area contributed by atoms with Gasteiger partial charge in [0.2, 0.25) is 5.91 Å². The summed E-state index contributed by atoms with van der Waals surface area (Å²) in [5.74, 6) is -0.379. The largest absolute Gasteiger partial charge is 0.366 e. The fourth-order valence-electron chi connectivity index (χ4n) is 2.27. The number of primary amides is 1. The molecule has 1 heterocycles. The van der Waals surface area contributed by atoms with Crippen LogP contribution in [0.3, 0.4) is 0 Å². The minimum absolute atomic E-state index is 0.273. The quantitative estimate of drug-likeness (QED) is 0.778. The molecule has 4 N–H and O–H groups in total. The van der Waals surface area contributed by atoms with Gasteiger partial charge in [-0.3, -0.25) is 4.79 Å². The molecule has 23 heavy (non-hydrogen) atoms. The molecular weight excluding hydrogens is 333 g/mol. The molecule has 1 atom stereocenters. The monoisotopic (exact) mass is 351 g/mol. The van der Waals surface area contributed by atoms with Crippen molar-refractivity contribution in [3.63, 3.8) is 0 Å². The Kier molecular flexibility index (Phi) is 6.86. The predicted molar refractivity (Wildman–Crippen MR) is 95.0 cm³/mol. The van der Waals surface area contributed by atoms with Crippen molar-refractivity contribution in [3.8, 4) is 0 Å². The first kappa shape index (κ1) is 17.8. The van der Waals surface area contributed by atoms with Gasteiger partial charge in [-0.05, 0) is 23.8 Å². The summed E-state index contributed by atoms with van der Waals surface area (Å²) in [6, 6.07) is 14.8. The van der Waals surface area contributed by atoms with Crippen LogP contribution in [-0.2, 0) is 0 Å². The van der Waals surface area contributed by atoms with Crippen LogP contribution in [-0.4, -0.2) is 25.5 Å². The van der Waals surface area contributed by atoms with E-state index in [-0.39, 0.29) is 11.9 Å². The molecule has 1 unspecified atom stereocenters. The molecule has 0 radical (unpaired) electrons. The van der Waals surface area contributed by atoms with Crippen molar-refractivity contribution in [2.24, 2.45) is 5.73 Å². The number of rotatable bonds is 2. The SMILES string of the molecule is Clc1cccc(C2CNCCN2)c1Cl.NC(=O)c1ccccc1. The van der Waals surface area contributed by atoms with Gasteiger partial charge in [-0.1, -0.05) is 53.5 Å². The molecular formula is C17H19Cl2N3O. The Hall–Kier alpha value is -1.59. The van der Waals surface area contributed by atoms with E-state index in [0.29, 0.717) is 15.6 Å². The second kappa shape index (κ2) is 8.89. The molecule has 1 saturated heterocycles. The lowest BCUT2D eigenvalue weighted by molar-refractivity contribution is 0.100. The van der Waals surface area contributed by atoms with E-state index in [9.17, 15) is 4.79 Å². The number of hydrogen-bond donors (Lipinski definition) is 3. The second-order valence-electron chi connectivity index (χ2n) is 5.08. The molecule has 0 bridgehead atoms. The average molecular weight is 352 g/mol. The van der Waals surface area contributed by atoms with Crippen LogP contribution in [0.2, 0.25) is 10.0 Å². The highest BCUT2D eigenvalue weighted by atomic mass is 35.5. The summed E-state index contributed by atoms with van der Waals surface area (Å²) >= 11 is 12.1. The third-order valence-corrected chi connectivity index (χ3v) is 4.29. The van der Waals surface area contributed by atoms with Crippen LogP contribution in [0.1, 0.15) is 22.0 Å². The topological polar surface area (TPSA) is 67.2 Å². The van der Waals surface area contributed by atoms with Gasteiger partial charge in [-0.2, -0.15) is 0 Å². The zero-order valence-electron chi connectivity index (χ0n) is 12.6. The van der Waals surface area contributed by atoms with Crippen molar-refractivity contribution in [1.82, 2.24) is 10.6 Å². The minimum Gasteiger partial charge on any atom is -0.366 e. The molecule has 4 nitrogen and oxygen atoms in total. The molecule has 2 aromatic rings. The molecule has 0 aliphatic carbocycles. The van der Waals surface area contributed by atoms with Crippen molar-refractivity contribution in [2.45, 2.75) is 6.04 Å². The van der Waals surface area contributed by atoms with Crippen LogP contribution in [0.15, 0.2) is 48.5 Å². The first-order valence-corrected chi connectivity index (χ1v) is 8.08. The first-order valence-electron chi connectivity index (χ1n) is 7.32. The molecule has 0 saturated carbocycles. The minimum atomic E-state index is -0.379. The molecule has 2 aromatic carbocycles. The van der Waals surface area contributed by atoms with E-state index in [4.69, 9.17) is 28.9 Å². The molecule has 1 amide bonds. The predicted octanol–water partition coefficient (Wildman–Crippen LogP) is 3.01. The number of carbonyl (C=O) groups excluding carboxylic acids is 1. The molecule has 122 valence electrons. The summed E-state index contributed by atoms with van der Waals surface area (Å²) < 4.78 is 0. The third kappa shape index (κ3) is 5.22. The first-order chi connectivity index (χ1) is 11.1. The molecule has 6 heteroatoms. The van der Waals surface area contributed by atoms with E-state index < -0.39 is 0 Å². The number of nitrogens with two attached hydrogens (primary N) is 1. The smallest absolute Gasteiger partial charge is 0.248 e.